The Hall–Kier alpha value is -2.16. The first-order valence-corrected chi connectivity index (χ1v) is 4.91. The predicted octanol–water partition coefficient (Wildman–Crippen LogP) is 2.50. The van der Waals surface area contributed by atoms with Crippen molar-refractivity contribution in [2.24, 2.45) is 0 Å². The van der Waals surface area contributed by atoms with Crippen LogP contribution in [-0.4, -0.2) is 16.9 Å². The van der Waals surface area contributed by atoms with Gasteiger partial charge in [0.05, 0.1) is 0 Å². The Morgan fingerprint density at radius 3 is 2.44 bits per heavy atom. The van der Waals surface area contributed by atoms with E-state index in [1.807, 2.05) is 30.3 Å². The summed E-state index contributed by atoms with van der Waals surface area (Å²) in [5.74, 6) is -1.46. The van der Waals surface area contributed by atoms with E-state index in [2.05, 4.69) is 0 Å². The van der Waals surface area contributed by atoms with Crippen molar-refractivity contribution in [2.45, 2.75) is 6.42 Å². The zero-order valence-corrected chi connectivity index (χ0v) is 8.51. The molecule has 0 saturated carbocycles. The average molecular weight is 214 g/mol. The monoisotopic (exact) mass is 214 g/mol. The summed E-state index contributed by atoms with van der Waals surface area (Å²) in [6, 6.07) is 12.8. The van der Waals surface area contributed by atoms with Crippen LogP contribution in [0.5, 0.6) is 0 Å². The maximum atomic E-state index is 11.7. The van der Waals surface area contributed by atoms with Gasteiger partial charge in [-0.15, -0.1) is 0 Å². The van der Waals surface area contributed by atoms with Gasteiger partial charge >= 0.3 is 5.97 Å². The number of carbonyl (C=O) groups is 2. The van der Waals surface area contributed by atoms with E-state index in [9.17, 15) is 9.59 Å². The fraction of sp³-hybridized carbons (Fsp3) is 0.0769. The number of benzene rings is 2. The summed E-state index contributed by atoms with van der Waals surface area (Å²) in [6.07, 6.45) is -0.464. The van der Waals surface area contributed by atoms with Crippen LogP contribution in [0.1, 0.15) is 16.8 Å². The number of ketones is 1. The summed E-state index contributed by atoms with van der Waals surface area (Å²) in [5.41, 5.74) is 0.473. The zero-order chi connectivity index (χ0) is 11.5. The minimum atomic E-state index is -1.10. The minimum absolute atomic E-state index is 0.357. The summed E-state index contributed by atoms with van der Waals surface area (Å²) in [6.45, 7) is 0. The van der Waals surface area contributed by atoms with Gasteiger partial charge in [-0.2, -0.15) is 0 Å². The molecule has 2 aromatic carbocycles. The van der Waals surface area contributed by atoms with Gasteiger partial charge in [0, 0.05) is 5.56 Å². The van der Waals surface area contributed by atoms with Crippen molar-refractivity contribution < 1.29 is 14.7 Å². The van der Waals surface area contributed by atoms with Crippen LogP contribution >= 0.6 is 0 Å². The molecular formula is C13H10O3. The molecule has 0 aliphatic rings. The molecule has 0 heterocycles. The Kier molecular flexibility index (Phi) is 2.68. The van der Waals surface area contributed by atoms with E-state index in [-0.39, 0.29) is 5.78 Å². The highest BCUT2D eigenvalue weighted by atomic mass is 16.4. The average Bonchev–Trinajstić information content (AvgIpc) is 2.27. The molecule has 2 rings (SSSR count). The Morgan fingerprint density at radius 1 is 1.00 bits per heavy atom. The molecule has 1 N–H and O–H groups in total. The molecule has 3 nitrogen and oxygen atoms in total. The third-order valence-electron chi connectivity index (χ3n) is 2.40. The number of aliphatic carboxylic acids is 1. The SMILES string of the molecule is O=C(O)CC(=O)c1cccc2ccccc12. The smallest absolute Gasteiger partial charge is 0.311 e. The van der Waals surface area contributed by atoms with Gasteiger partial charge < -0.3 is 5.11 Å². The molecule has 0 amide bonds. The molecule has 0 atom stereocenters. The Balaban J connectivity index is 2.52. The van der Waals surface area contributed by atoms with Crippen LogP contribution in [0.25, 0.3) is 10.8 Å². The minimum Gasteiger partial charge on any atom is -0.481 e. The molecule has 0 spiro atoms. The van der Waals surface area contributed by atoms with Crippen LogP contribution in [0.15, 0.2) is 42.5 Å². The number of Topliss-reactive ketones (excluding diaryl/α,β-unsaturated/α-hetero) is 1. The van der Waals surface area contributed by atoms with Crippen molar-refractivity contribution in [3.63, 3.8) is 0 Å². The van der Waals surface area contributed by atoms with Gasteiger partial charge in [0.25, 0.3) is 0 Å². The third kappa shape index (κ3) is 1.93. The summed E-state index contributed by atoms with van der Waals surface area (Å²) in [5, 5.41) is 10.3. The summed E-state index contributed by atoms with van der Waals surface area (Å²) in [4.78, 5) is 22.2. The lowest BCUT2D eigenvalue weighted by Gasteiger charge is -2.03. The molecule has 0 aliphatic carbocycles. The van der Waals surface area contributed by atoms with Crippen LogP contribution in [-0.2, 0) is 4.79 Å². The highest BCUT2D eigenvalue weighted by Gasteiger charge is 2.12. The zero-order valence-electron chi connectivity index (χ0n) is 8.51. The van der Waals surface area contributed by atoms with E-state index in [1.165, 1.54) is 0 Å². The largest absolute Gasteiger partial charge is 0.481 e. The van der Waals surface area contributed by atoms with Crippen molar-refractivity contribution in [1.29, 1.82) is 0 Å². The fourth-order valence-electron chi connectivity index (χ4n) is 1.70. The van der Waals surface area contributed by atoms with Crippen LogP contribution in [0, 0.1) is 0 Å². The Morgan fingerprint density at radius 2 is 1.69 bits per heavy atom. The van der Waals surface area contributed by atoms with Crippen molar-refractivity contribution in [3.05, 3.63) is 48.0 Å². The molecule has 0 fully saturated rings. The number of hydrogen-bond acceptors (Lipinski definition) is 2. The molecule has 0 unspecified atom stereocenters. The van der Waals surface area contributed by atoms with Crippen LogP contribution in [0.3, 0.4) is 0 Å². The number of hydrogen-bond donors (Lipinski definition) is 1. The van der Waals surface area contributed by atoms with Gasteiger partial charge in [0.15, 0.2) is 5.78 Å². The first-order valence-electron chi connectivity index (χ1n) is 4.91. The van der Waals surface area contributed by atoms with E-state index in [1.54, 1.807) is 12.1 Å². The number of fused-ring (bicyclic) bond motifs is 1. The number of carbonyl (C=O) groups excluding carboxylic acids is 1. The standard InChI is InChI=1S/C13H10O3/c14-12(8-13(15)16)11-7-3-5-9-4-1-2-6-10(9)11/h1-7H,8H2,(H,15,16). The maximum Gasteiger partial charge on any atom is 0.311 e. The molecule has 0 radical (unpaired) electrons. The van der Waals surface area contributed by atoms with Crippen LogP contribution in [0.4, 0.5) is 0 Å². The van der Waals surface area contributed by atoms with Crippen molar-refractivity contribution >= 4 is 22.5 Å². The van der Waals surface area contributed by atoms with E-state index in [0.717, 1.165) is 10.8 Å². The summed E-state index contributed by atoms with van der Waals surface area (Å²) >= 11 is 0. The van der Waals surface area contributed by atoms with Crippen molar-refractivity contribution in [1.82, 2.24) is 0 Å². The van der Waals surface area contributed by atoms with Gasteiger partial charge in [-0.25, -0.2) is 0 Å². The topological polar surface area (TPSA) is 54.4 Å². The molecule has 0 aromatic heterocycles. The predicted molar refractivity (Wildman–Crippen MR) is 60.5 cm³/mol. The Labute approximate surface area is 92.3 Å². The van der Waals surface area contributed by atoms with E-state index in [0.29, 0.717) is 5.56 Å². The highest BCUT2D eigenvalue weighted by Crippen LogP contribution is 2.19. The second-order valence-corrected chi connectivity index (χ2v) is 3.52. The van der Waals surface area contributed by atoms with E-state index in [4.69, 9.17) is 5.11 Å². The van der Waals surface area contributed by atoms with Gasteiger partial charge in [0.2, 0.25) is 0 Å². The molecular weight excluding hydrogens is 204 g/mol. The lowest BCUT2D eigenvalue weighted by molar-refractivity contribution is -0.135. The van der Waals surface area contributed by atoms with Crippen LogP contribution < -0.4 is 0 Å². The van der Waals surface area contributed by atoms with E-state index >= 15 is 0 Å². The third-order valence-corrected chi connectivity index (χ3v) is 2.40. The van der Waals surface area contributed by atoms with Gasteiger partial charge in [-0.1, -0.05) is 42.5 Å². The summed E-state index contributed by atoms with van der Waals surface area (Å²) < 4.78 is 0. The maximum absolute atomic E-state index is 11.7. The Bertz CT molecular complexity index is 553. The van der Waals surface area contributed by atoms with E-state index < -0.39 is 12.4 Å². The van der Waals surface area contributed by atoms with Gasteiger partial charge in [0.1, 0.15) is 6.42 Å². The molecule has 0 bridgehead atoms. The molecule has 0 aliphatic heterocycles. The first kappa shape index (κ1) is 10.4. The van der Waals surface area contributed by atoms with Crippen molar-refractivity contribution in [3.8, 4) is 0 Å². The van der Waals surface area contributed by atoms with Gasteiger partial charge in [-0.05, 0) is 10.8 Å². The molecule has 16 heavy (non-hydrogen) atoms. The molecule has 80 valence electrons. The van der Waals surface area contributed by atoms with Crippen molar-refractivity contribution in [2.75, 3.05) is 0 Å². The lowest BCUT2D eigenvalue weighted by Crippen LogP contribution is -2.07. The first-order chi connectivity index (χ1) is 7.68. The fourth-order valence-corrected chi connectivity index (χ4v) is 1.70. The number of rotatable bonds is 3. The second-order valence-electron chi connectivity index (χ2n) is 3.52. The number of carboxylic acid groups (broad SMARTS) is 1. The number of carboxylic acids is 1. The summed E-state index contributed by atoms with van der Waals surface area (Å²) in [7, 11) is 0. The highest BCUT2D eigenvalue weighted by molar-refractivity contribution is 6.13. The quantitative estimate of drug-likeness (QED) is 0.630. The molecule has 3 heteroatoms. The van der Waals surface area contributed by atoms with Gasteiger partial charge in [-0.3, -0.25) is 9.59 Å². The van der Waals surface area contributed by atoms with Crippen LogP contribution in [0.2, 0.25) is 0 Å². The molecule has 2 aromatic rings. The molecule has 0 saturated heterocycles. The second kappa shape index (κ2) is 4.14. The lowest BCUT2D eigenvalue weighted by atomic mass is 10.00. The normalized spacial score (nSPS) is 10.2.